The van der Waals surface area contributed by atoms with E-state index in [0.717, 1.165) is 12.5 Å². The number of likely N-dealkylation sites (N-methyl/N-ethyl adjacent to an activating group) is 1. The molecule has 1 heteroatoms. The zero-order chi connectivity index (χ0) is 9.56. The van der Waals surface area contributed by atoms with Crippen molar-refractivity contribution in [2.45, 2.75) is 46.6 Å². The van der Waals surface area contributed by atoms with Crippen molar-refractivity contribution in [3.63, 3.8) is 0 Å². The van der Waals surface area contributed by atoms with Gasteiger partial charge in [0.25, 0.3) is 0 Å². The van der Waals surface area contributed by atoms with Gasteiger partial charge in [0.05, 0.1) is 0 Å². The molecule has 12 heavy (non-hydrogen) atoms. The first-order valence-corrected chi connectivity index (χ1v) is 4.96. The fourth-order valence-electron chi connectivity index (χ4n) is 1.27. The predicted molar refractivity (Wildman–Crippen MR) is 56.4 cm³/mol. The Morgan fingerprint density at radius 2 is 1.92 bits per heavy atom. The highest BCUT2D eigenvalue weighted by atomic mass is 14.9. The molecular weight excluding hydrogens is 146 g/mol. The Bertz CT molecular complexity index is 127. The van der Waals surface area contributed by atoms with Crippen LogP contribution in [0.4, 0.5) is 0 Å². The highest BCUT2D eigenvalue weighted by Crippen LogP contribution is 2.11. The van der Waals surface area contributed by atoms with Crippen molar-refractivity contribution in [1.82, 2.24) is 5.32 Å². The number of hydrogen-bond donors (Lipinski definition) is 1. The van der Waals surface area contributed by atoms with Crippen LogP contribution in [0, 0.1) is 5.92 Å². The summed E-state index contributed by atoms with van der Waals surface area (Å²) in [6.45, 7) is 13.8. The van der Waals surface area contributed by atoms with Crippen molar-refractivity contribution in [2.75, 3.05) is 6.54 Å². The van der Waals surface area contributed by atoms with E-state index in [1.165, 1.54) is 18.4 Å². The molecule has 1 N–H and O–H groups in total. The average Bonchev–Trinajstić information content (AvgIpc) is 1.96. The molecule has 1 nitrogen and oxygen atoms in total. The Morgan fingerprint density at radius 3 is 2.25 bits per heavy atom. The summed E-state index contributed by atoms with van der Waals surface area (Å²) in [5.41, 5.74) is 1.26. The molecule has 1 atom stereocenters. The van der Waals surface area contributed by atoms with E-state index in [0.29, 0.717) is 6.04 Å². The van der Waals surface area contributed by atoms with E-state index in [9.17, 15) is 0 Å². The molecular formula is C11H23N. The Labute approximate surface area is 77.2 Å². The van der Waals surface area contributed by atoms with Crippen LogP contribution in [0.2, 0.25) is 0 Å². The third-order valence-corrected chi connectivity index (χ3v) is 2.08. The average molecular weight is 169 g/mol. The molecule has 0 radical (unpaired) electrons. The molecule has 0 fully saturated rings. The Kier molecular flexibility index (Phi) is 6.09. The van der Waals surface area contributed by atoms with Crippen LogP contribution in [-0.2, 0) is 0 Å². The van der Waals surface area contributed by atoms with Crippen LogP contribution in [0.1, 0.15) is 40.5 Å². The van der Waals surface area contributed by atoms with Gasteiger partial charge in [-0.05, 0) is 32.2 Å². The molecule has 0 saturated heterocycles. The van der Waals surface area contributed by atoms with E-state index < -0.39 is 0 Å². The van der Waals surface area contributed by atoms with Crippen molar-refractivity contribution in [1.29, 1.82) is 0 Å². The van der Waals surface area contributed by atoms with Gasteiger partial charge in [-0.1, -0.05) is 32.9 Å². The lowest BCUT2D eigenvalue weighted by molar-refractivity contribution is 0.473. The summed E-state index contributed by atoms with van der Waals surface area (Å²) in [7, 11) is 0. The molecule has 0 bridgehead atoms. The maximum atomic E-state index is 3.99. The van der Waals surface area contributed by atoms with Gasteiger partial charge in [-0.2, -0.15) is 0 Å². The van der Waals surface area contributed by atoms with Crippen molar-refractivity contribution < 1.29 is 0 Å². The van der Waals surface area contributed by atoms with Crippen LogP contribution in [0.25, 0.3) is 0 Å². The quantitative estimate of drug-likeness (QED) is 0.603. The van der Waals surface area contributed by atoms with E-state index in [1.807, 2.05) is 0 Å². The summed E-state index contributed by atoms with van der Waals surface area (Å²) in [5.74, 6) is 0.797. The van der Waals surface area contributed by atoms with E-state index in [-0.39, 0.29) is 0 Å². The van der Waals surface area contributed by atoms with Gasteiger partial charge in [0.1, 0.15) is 0 Å². The Hall–Kier alpha value is -0.300. The van der Waals surface area contributed by atoms with Crippen LogP contribution in [0.5, 0.6) is 0 Å². The maximum absolute atomic E-state index is 3.99. The van der Waals surface area contributed by atoms with E-state index in [2.05, 4.69) is 39.6 Å². The van der Waals surface area contributed by atoms with Crippen LogP contribution >= 0.6 is 0 Å². The molecule has 1 unspecified atom stereocenters. The van der Waals surface area contributed by atoms with Gasteiger partial charge in [0.2, 0.25) is 0 Å². The molecule has 0 rings (SSSR count). The molecule has 0 aromatic rings. The number of nitrogens with one attached hydrogen (secondary N) is 1. The largest absolute Gasteiger partial charge is 0.311 e. The fraction of sp³-hybridized carbons (Fsp3) is 0.818. The molecule has 0 heterocycles. The van der Waals surface area contributed by atoms with Crippen LogP contribution in [0.3, 0.4) is 0 Å². The molecule has 0 aromatic heterocycles. The molecule has 0 saturated carbocycles. The third-order valence-electron chi connectivity index (χ3n) is 2.08. The monoisotopic (exact) mass is 169 g/mol. The molecule has 0 aliphatic rings. The van der Waals surface area contributed by atoms with Crippen LogP contribution in [0.15, 0.2) is 12.2 Å². The first kappa shape index (κ1) is 11.7. The first-order valence-electron chi connectivity index (χ1n) is 4.96. The second kappa shape index (κ2) is 6.24. The standard InChI is InChI=1S/C11H23N/c1-6-12-11(10(4)5)8-7-9(2)3/h9,11-12H,4,6-8H2,1-3,5H3. The molecule has 0 aliphatic carbocycles. The second-order valence-electron chi connectivity index (χ2n) is 3.93. The fourth-order valence-corrected chi connectivity index (χ4v) is 1.27. The predicted octanol–water partition coefficient (Wildman–Crippen LogP) is 2.98. The van der Waals surface area contributed by atoms with Gasteiger partial charge < -0.3 is 5.32 Å². The second-order valence-corrected chi connectivity index (χ2v) is 3.93. The van der Waals surface area contributed by atoms with Crippen LogP contribution in [-0.4, -0.2) is 12.6 Å². The first-order chi connectivity index (χ1) is 5.57. The SMILES string of the molecule is C=C(C)C(CCC(C)C)NCC. The number of hydrogen-bond acceptors (Lipinski definition) is 1. The van der Waals surface area contributed by atoms with Gasteiger partial charge in [0, 0.05) is 6.04 Å². The molecule has 0 spiro atoms. The normalized spacial score (nSPS) is 13.4. The summed E-state index contributed by atoms with van der Waals surface area (Å²) in [6, 6.07) is 0.525. The summed E-state index contributed by atoms with van der Waals surface area (Å²) < 4.78 is 0. The lowest BCUT2D eigenvalue weighted by Gasteiger charge is -2.18. The topological polar surface area (TPSA) is 12.0 Å². The van der Waals surface area contributed by atoms with Gasteiger partial charge in [-0.25, -0.2) is 0 Å². The van der Waals surface area contributed by atoms with Crippen molar-refractivity contribution in [3.05, 3.63) is 12.2 Å². The highest BCUT2D eigenvalue weighted by molar-refractivity contribution is 5.01. The smallest absolute Gasteiger partial charge is 0.0274 e. The van der Waals surface area contributed by atoms with E-state index in [4.69, 9.17) is 0 Å². The van der Waals surface area contributed by atoms with Gasteiger partial charge >= 0.3 is 0 Å². The van der Waals surface area contributed by atoms with E-state index in [1.54, 1.807) is 0 Å². The van der Waals surface area contributed by atoms with Gasteiger partial charge in [-0.15, -0.1) is 0 Å². The zero-order valence-corrected chi connectivity index (χ0v) is 8.98. The highest BCUT2D eigenvalue weighted by Gasteiger charge is 2.07. The van der Waals surface area contributed by atoms with Gasteiger partial charge in [-0.3, -0.25) is 0 Å². The minimum Gasteiger partial charge on any atom is -0.311 e. The Balaban J connectivity index is 3.71. The maximum Gasteiger partial charge on any atom is 0.0274 e. The summed E-state index contributed by atoms with van der Waals surface area (Å²) in [6.07, 6.45) is 2.51. The Morgan fingerprint density at radius 1 is 1.33 bits per heavy atom. The molecule has 72 valence electrons. The van der Waals surface area contributed by atoms with Crippen LogP contribution < -0.4 is 5.32 Å². The molecule has 0 amide bonds. The van der Waals surface area contributed by atoms with Crippen molar-refractivity contribution in [2.24, 2.45) is 5.92 Å². The molecule has 0 aliphatic heterocycles. The summed E-state index contributed by atoms with van der Waals surface area (Å²) in [4.78, 5) is 0. The lowest BCUT2D eigenvalue weighted by Crippen LogP contribution is -2.29. The van der Waals surface area contributed by atoms with Gasteiger partial charge in [0.15, 0.2) is 0 Å². The summed E-state index contributed by atoms with van der Waals surface area (Å²) >= 11 is 0. The lowest BCUT2D eigenvalue weighted by atomic mass is 9.99. The summed E-state index contributed by atoms with van der Waals surface area (Å²) in [5, 5.41) is 3.44. The van der Waals surface area contributed by atoms with Crippen molar-refractivity contribution in [3.8, 4) is 0 Å². The third kappa shape index (κ3) is 5.36. The van der Waals surface area contributed by atoms with E-state index >= 15 is 0 Å². The molecule has 0 aromatic carbocycles. The van der Waals surface area contributed by atoms with Crippen molar-refractivity contribution >= 4 is 0 Å². The minimum atomic E-state index is 0.525. The minimum absolute atomic E-state index is 0.525. The number of rotatable bonds is 6. The zero-order valence-electron chi connectivity index (χ0n) is 8.98.